The topological polar surface area (TPSA) is 33.6 Å². The molecule has 0 bridgehead atoms. The lowest BCUT2D eigenvalue weighted by Gasteiger charge is -2.21. The Hall–Kier alpha value is -8.35. The second-order valence-corrected chi connectivity index (χ2v) is 16.3. The van der Waals surface area contributed by atoms with Gasteiger partial charge in [0, 0.05) is 32.7 Å². The third-order valence-electron chi connectivity index (χ3n) is 12.4. The van der Waals surface area contributed by atoms with Gasteiger partial charge in [-0.2, -0.15) is 31.6 Å². The molecule has 0 saturated carbocycles. The van der Waals surface area contributed by atoms with Crippen molar-refractivity contribution in [3.63, 3.8) is 0 Å². The molecule has 318 valence electrons. The zero-order chi connectivity index (χ0) is 45.3. The van der Waals surface area contributed by atoms with Gasteiger partial charge in [-0.3, -0.25) is 0 Å². The van der Waals surface area contributed by atoms with Crippen molar-refractivity contribution in [3.05, 3.63) is 217 Å². The van der Waals surface area contributed by atoms with Crippen LogP contribution in [0.25, 0.3) is 99.5 Å². The lowest BCUT2D eigenvalue weighted by atomic mass is 9.93. The molecule has 9 heteroatoms. The van der Waals surface area contributed by atoms with Crippen molar-refractivity contribution in [1.29, 1.82) is 5.26 Å². The number of nitriles is 1. The van der Waals surface area contributed by atoms with E-state index in [-0.39, 0.29) is 17.2 Å². The highest BCUT2D eigenvalue weighted by molar-refractivity contribution is 6.13. The highest BCUT2D eigenvalue weighted by Gasteiger charge is 2.37. The van der Waals surface area contributed by atoms with Crippen molar-refractivity contribution >= 4 is 43.6 Å². The van der Waals surface area contributed by atoms with E-state index in [4.69, 9.17) is 0 Å². The summed E-state index contributed by atoms with van der Waals surface area (Å²) in [6.07, 6.45) is -10.1. The second-order valence-electron chi connectivity index (χ2n) is 16.3. The number of alkyl halides is 6. The Morgan fingerprint density at radius 2 is 0.788 bits per heavy atom. The van der Waals surface area contributed by atoms with Crippen LogP contribution in [0, 0.1) is 11.3 Å². The predicted octanol–water partition coefficient (Wildman–Crippen LogP) is 16.5. The molecule has 3 nitrogen and oxygen atoms in total. The first kappa shape index (κ1) is 40.4. The molecule has 0 saturated heterocycles. The number of rotatable bonds is 6. The van der Waals surface area contributed by atoms with Crippen LogP contribution in [0.4, 0.5) is 26.3 Å². The number of aromatic nitrogens is 2. The summed E-state index contributed by atoms with van der Waals surface area (Å²) < 4.78 is 90.2. The van der Waals surface area contributed by atoms with Crippen molar-refractivity contribution < 1.29 is 26.3 Å². The number of nitrogens with zero attached hydrogens (tertiary/aromatic N) is 3. The summed E-state index contributed by atoms with van der Waals surface area (Å²) >= 11 is 0. The van der Waals surface area contributed by atoms with E-state index in [1.165, 1.54) is 0 Å². The van der Waals surface area contributed by atoms with Crippen LogP contribution in [-0.4, -0.2) is 9.13 Å². The fourth-order valence-electron chi connectivity index (χ4n) is 9.35. The Labute approximate surface area is 374 Å². The Morgan fingerprint density at radius 1 is 0.333 bits per heavy atom. The Kier molecular flexibility index (Phi) is 9.45. The zero-order valence-electron chi connectivity index (χ0n) is 34.7. The Bertz CT molecular complexity index is 3710. The quantitative estimate of drug-likeness (QED) is 0.153. The molecule has 0 fully saturated rings. The normalized spacial score (nSPS) is 12.1. The van der Waals surface area contributed by atoms with Crippen LogP contribution in [0.1, 0.15) is 16.7 Å². The van der Waals surface area contributed by atoms with Crippen molar-refractivity contribution in [2.75, 3.05) is 0 Å². The van der Waals surface area contributed by atoms with Crippen molar-refractivity contribution in [2.45, 2.75) is 12.4 Å². The lowest BCUT2D eigenvalue weighted by Crippen LogP contribution is -2.11. The molecule has 0 spiro atoms. The number of benzene rings is 9. The SMILES string of the molecule is N#Cc1ccc(-c2cc(-c3cc(C(F)(F)F)cc(C(F)(F)F)c3)ccc2-n2c3ccccc3c3cc(-c4ccccc4)ccc32)c(-n2c3ccccc3c3cc(-c4ccccc4)ccc32)c1. The molecule has 0 aliphatic heterocycles. The molecule has 0 N–H and O–H groups in total. The van der Waals surface area contributed by atoms with E-state index in [9.17, 15) is 31.6 Å². The number of para-hydroxylation sites is 2. The Balaban J connectivity index is 1.23. The molecular weight excluding hydrogens is 841 g/mol. The van der Waals surface area contributed by atoms with Gasteiger partial charge >= 0.3 is 12.4 Å². The third kappa shape index (κ3) is 6.86. The van der Waals surface area contributed by atoms with Gasteiger partial charge in [-0.25, -0.2) is 0 Å². The lowest BCUT2D eigenvalue weighted by molar-refractivity contribution is -0.143. The molecule has 9 aromatic carbocycles. The molecule has 0 radical (unpaired) electrons. The maximum Gasteiger partial charge on any atom is 0.416 e. The largest absolute Gasteiger partial charge is 0.416 e. The molecule has 0 aliphatic rings. The molecule has 0 unspecified atom stereocenters. The molecule has 0 aliphatic carbocycles. The second kappa shape index (κ2) is 15.4. The standard InChI is InChI=1S/C57H33F6N3/c58-56(59,60)42-28-41(29-43(33-42)57(61,62)63)40-22-26-53(65-50-17-9-7-15-44(50)47-30-38(20-24-52(47)65)36-11-3-1-4-12-36)49(32-40)46-23-19-35(34-64)27-55(46)66-51-18-10-8-16-45(51)48-31-39(21-25-54(48)66)37-13-5-2-6-14-37/h1-33H. The van der Waals surface area contributed by atoms with Crippen molar-refractivity contribution in [3.8, 4) is 62.0 Å². The molecular formula is C57H33F6N3. The van der Waals surface area contributed by atoms with E-state index < -0.39 is 23.5 Å². The van der Waals surface area contributed by atoms with E-state index in [0.717, 1.165) is 78.0 Å². The zero-order valence-corrected chi connectivity index (χ0v) is 34.7. The number of hydrogen-bond donors (Lipinski definition) is 0. The highest BCUT2D eigenvalue weighted by atomic mass is 19.4. The number of halogens is 6. The van der Waals surface area contributed by atoms with Crippen molar-refractivity contribution in [2.24, 2.45) is 0 Å². The third-order valence-corrected chi connectivity index (χ3v) is 12.4. The first-order valence-electron chi connectivity index (χ1n) is 21.1. The van der Waals surface area contributed by atoms with Gasteiger partial charge in [0.2, 0.25) is 0 Å². The van der Waals surface area contributed by atoms with E-state index in [0.29, 0.717) is 28.1 Å². The molecule has 0 amide bonds. The molecule has 11 rings (SSSR count). The fraction of sp³-hybridized carbons (Fsp3) is 0.0351. The smallest absolute Gasteiger partial charge is 0.309 e. The predicted molar refractivity (Wildman–Crippen MR) is 252 cm³/mol. The van der Waals surface area contributed by atoms with Gasteiger partial charge in [0.05, 0.1) is 56.2 Å². The Morgan fingerprint density at radius 3 is 1.30 bits per heavy atom. The van der Waals surface area contributed by atoms with Gasteiger partial charge < -0.3 is 9.13 Å². The first-order valence-corrected chi connectivity index (χ1v) is 21.1. The van der Waals surface area contributed by atoms with Crippen LogP contribution in [0.5, 0.6) is 0 Å². The monoisotopic (exact) mass is 873 g/mol. The van der Waals surface area contributed by atoms with E-state index in [1.807, 2.05) is 140 Å². The van der Waals surface area contributed by atoms with Gasteiger partial charge in [-0.1, -0.05) is 121 Å². The fourth-order valence-corrected chi connectivity index (χ4v) is 9.35. The maximum atomic E-state index is 14.3. The summed E-state index contributed by atoms with van der Waals surface area (Å²) in [6.45, 7) is 0. The molecule has 2 heterocycles. The minimum atomic E-state index is -5.04. The molecule has 2 aromatic heterocycles. The summed E-state index contributed by atoms with van der Waals surface area (Å²) in [5, 5.41) is 14.2. The molecule has 66 heavy (non-hydrogen) atoms. The molecule has 11 aromatic rings. The average Bonchev–Trinajstić information content (AvgIpc) is 3.85. The number of hydrogen-bond acceptors (Lipinski definition) is 1. The van der Waals surface area contributed by atoms with Crippen LogP contribution >= 0.6 is 0 Å². The average molecular weight is 874 g/mol. The van der Waals surface area contributed by atoms with E-state index in [2.05, 4.69) is 27.3 Å². The summed E-state index contributed by atoms with van der Waals surface area (Å²) in [4.78, 5) is 0. The summed E-state index contributed by atoms with van der Waals surface area (Å²) in [5.74, 6) is 0. The summed E-state index contributed by atoms with van der Waals surface area (Å²) in [6, 6.07) is 62.5. The summed E-state index contributed by atoms with van der Waals surface area (Å²) in [5.41, 5.74) is 7.19. The maximum absolute atomic E-state index is 14.3. The minimum Gasteiger partial charge on any atom is -0.309 e. The van der Waals surface area contributed by atoms with Crippen LogP contribution < -0.4 is 0 Å². The van der Waals surface area contributed by atoms with Gasteiger partial charge in [0.1, 0.15) is 0 Å². The van der Waals surface area contributed by atoms with Gasteiger partial charge in [-0.15, -0.1) is 0 Å². The van der Waals surface area contributed by atoms with Crippen LogP contribution in [0.2, 0.25) is 0 Å². The number of fused-ring (bicyclic) bond motifs is 6. The van der Waals surface area contributed by atoms with Gasteiger partial charge in [0.15, 0.2) is 0 Å². The van der Waals surface area contributed by atoms with Gasteiger partial charge in [0.25, 0.3) is 0 Å². The molecule has 0 atom stereocenters. The van der Waals surface area contributed by atoms with E-state index >= 15 is 0 Å². The van der Waals surface area contributed by atoms with Crippen LogP contribution in [0.3, 0.4) is 0 Å². The van der Waals surface area contributed by atoms with E-state index in [1.54, 1.807) is 30.3 Å². The van der Waals surface area contributed by atoms with Crippen LogP contribution in [-0.2, 0) is 12.4 Å². The summed E-state index contributed by atoms with van der Waals surface area (Å²) in [7, 11) is 0. The van der Waals surface area contributed by atoms with Gasteiger partial charge in [-0.05, 0) is 112 Å². The van der Waals surface area contributed by atoms with Crippen molar-refractivity contribution in [1.82, 2.24) is 9.13 Å². The minimum absolute atomic E-state index is 0.141. The van der Waals surface area contributed by atoms with Crippen LogP contribution in [0.15, 0.2) is 200 Å². The first-order chi connectivity index (χ1) is 31.9. The highest BCUT2D eigenvalue weighted by Crippen LogP contribution is 2.45.